The van der Waals surface area contributed by atoms with Crippen molar-refractivity contribution in [1.29, 1.82) is 0 Å². The van der Waals surface area contributed by atoms with Gasteiger partial charge in [0, 0.05) is 12.2 Å². The van der Waals surface area contributed by atoms with Crippen LogP contribution >= 0.6 is 11.8 Å². The molecule has 0 radical (unpaired) electrons. The van der Waals surface area contributed by atoms with Gasteiger partial charge in [0.2, 0.25) is 0 Å². The lowest BCUT2D eigenvalue weighted by molar-refractivity contribution is 1.19. The van der Waals surface area contributed by atoms with E-state index in [0.717, 1.165) is 22.9 Å². The molecule has 0 bridgehead atoms. The summed E-state index contributed by atoms with van der Waals surface area (Å²) in [6, 6.07) is 18.9. The molecule has 0 atom stereocenters. The summed E-state index contributed by atoms with van der Waals surface area (Å²) < 4.78 is 0. The first-order chi connectivity index (χ1) is 9.81. The minimum Gasteiger partial charge on any atom is -0.153 e. The van der Waals surface area contributed by atoms with E-state index in [1.165, 1.54) is 16.7 Å². The molecule has 1 aliphatic rings. The summed E-state index contributed by atoms with van der Waals surface area (Å²) in [5.74, 6) is 0.898. The predicted molar refractivity (Wildman–Crippen MR) is 87.8 cm³/mol. The minimum atomic E-state index is 0.871. The first-order valence-electron chi connectivity index (χ1n) is 6.68. The highest BCUT2D eigenvalue weighted by molar-refractivity contribution is 8.14. The van der Waals surface area contributed by atoms with E-state index < -0.39 is 0 Å². The van der Waals surface area contributed by atoms with Gasteiger partial charge in [0.15, 0.2) is 0 Å². The van der Waals surface area contributed by atoms with Crippen LogP contribution in [0.1, 0.15) is 16.7 Å². The van der Waals surface area contributed by atoms with Crippen molar-refractivity contribution in [3.63, 3.8) is 0 Å². The Morgan fingerprint density at radius 2 is 1.70 bits per heavy atom. The quantitative estimate of drug-likeness (QED) is 0.831. The number of thioether (sulfide) groups is 1. The molecular formula is C17H16N2S. The van der Waals surface area contributed by atoms with Gasteiger partial charge in [0.05, 0.1) is 5.71 Å². The maximum atomic E-state index is 4.39. The highest BCUT2D eigenvalue weighted by atomic mass is 32.2. The standard InChI is InChI=1S/C17H16N2S/c1-13-7-9-15(10-8-13)16-12-20-17(19-18-16)11-14-5-3-2-4-6-14/h2-10H,11-12H2,1H3. The van der Waals surface area contributed by atoms with Crippen LogP contribution in [0, 0.1) is 6.92 Å². The third kappa shape index (κ3) is 3.17. The van der Waals surface area contributed by atoms with E-state index in [0.29, 0.717) is 0 Å². The largest absolute Gasteiger partial charge is 0.153 e. The van der Waals surface area contributed by atoms with Gasteiger partial charge >= 0.3 is 0 Å². The van der Waals surface area contributed by atoms with E-state index in [2.05, 4.69) is 65.7 Å². The molecule has 0 saturated heterocycles. The number of aryl methyl sites for hydroxylation is 1. The third-order valence-electron chi connectivity index (χ3n) is 3.24. The maximum absolute atomic E-state index is 4.39. The Morgan fingerprint density at radius 3 is 2.35 bits per heavy atom. The van der Waals surface area contributed by atoms with E-state index >= 15 is 0 Å². The lowest BCUT2D eigenvalue weighted by Gasteiger charge is -2.12. The second-order valence-corrected chi connectivity index (χ2v) is 5.91. The van der Waals surface area contributed by atoms with E-state index in [1.54, 1.807) is 11.8 Å². The molecule has 0 amide bonds. The Labute approximate surface area is 123 Å². The number of rotatable bonds is 3. The summed E-state index contributed by atoms with van der Waals surface area (Å²) in [5, 5.41) is 9.85. The third-order valence-corrected chi connectivity index (χ3v) is 4.22. The molecule has 1 heterocycles. The van der Waals surface area contributed by atoms with Crippen molar-refractivity contribution in [2.45, 2.75) is 13.3 Å². The minimum absolute atomic E-state index is 0.871. The normalized spacial score (nSPS) is 14.7. The molecule has 2 nitrogen and oxygen atoms in total. The Balaban J connectivity index is 1.74. The van der Waals surface area contributed by atoms with E-state index in [1.807, 2.05) is 6.07 Å². The van der Waals surface area contributed by atoms with Crippen LogP contribution in [-0.4, -0.2) is 16.5 Å². The van der Waals surface area contributed by atoms with E-state index in [4.69, 9.17) is 0 Å². The van der Waals surface area contributed by atoms with Gasteiger partial charge in [0.25, 0.3) is 0 Å². The van der Waals surface area contributed by atoms with Crippen molar-refractivity contribution in [3.05, 3.63) is 71.3 Å². The molecule has 100 valence electrons. The van der Waals surface area contributed by atoms with Crippen molar-refractivity contribution < 1.29 is 0 Å². The van der Waals surface area contributed by atoms with Gasteiger partial charge in [-0.1, -0.05) is 60.2 Å². The molecule has 2 aromatic rings. The second kappa shape index (κ2) is 6.06. The van der Waals surface area contributed by atoms with E-state index in [-0.39, 0.29) is 0 Å². The number of benzene rings is 2. The van der Waals surface area contributed by atoms with Gasteiger partial charge in [-0.3, -0.25) is 0 Å². The first-order valence-corrected chi connectivity index (χ1v) is 7.67. The van der Waals surface area contributed by atoms with Crippen molar-refractivity contribution in [2.75, 3.05) is 5.75 Å². The zero-order valence-electron chi connectivity index (χ0n) is 11.4. The molecule has 0 aliphatic carbocycles. The highest BCUT2D eigenvalue weighted by Crippen LogP contribution is 2.19. The Morgan fingerprint density at radius 1 is 0.950 bits per heavy atom. The summed E-state index contributed by atoms with van der Waals surface area (Å²) in [7, 11) is 0. The Bertz CT molecular complexity index is 642. The maximum Gasteiger partial charge on any atom is 0.101 e. The topological polar surface area (TPSA) is 24.7 Å². The smallest absolute Gasteiger partial charge is 0.101 e. The molecule has 3 rings (SSSR count). The summed E-state index contributed by atoms with van der Waals surface area (Å²) >= 11 is 1.78. The fourth-order valence-corrected chi connectivity index (χ4v) is 2.96. The molecule has 0 spiro atoms. The van der Waals surface area contributed by atoms with Crippen LogP contribution in [0.2, 0.25) is 0 Å². The molecule has 0 unspecified atom stereocenters. The summed E-state index contributed by atoms with van der Waals surface area (Å²) in [5.41, 5.74) is 4.79. The van der Waals surface area contributed by atoms with Crippen LogP contribution < -0.4 is 0 Å². The number of nitrogens with zero attached hydrogens (tertiary/aromatic N) is 2. The molecular weight excluding hydrogens is 264 g/mol. The van der Waals surface area contributed by atoms with Crippen LogP contribution in [0.3, 0.4) is 0 Å². The van der Waals surface area contributed by atoms with Crippen LogP contribution in [0.15, 0.2) is 64.8 Å². The second-order valence-electron chi connectivity index (χ2n) is 4.86. The molecule has 2 aromatic carbocycles. The average Bonchev–Trinajstić information content (AvgIpc) is 2.50. The van der Waals surface area contributed by atoms with Gasteiger partial charge in [-0.15, -0.1) is 16.9 Å². The summed E-state index contributed by atoms with van der Waals surface area (Å²) in [4.78, 5) is 0. The molecule has 1 aliphatic heterocycles. The lowest BCUT2D eigenvalue weighted by atomic mass is 10.1. The number of hydrogen-bond donors (Lipinski definition) is 0. The van der Waals surface area contributed by atoms with Gasteiger partial charge in [-0.2, -0.15) is 5.10 Å². The molecule has 0 fully saturated rings. The zero-order chi connectivity index (χ0) is 13.8. The van der Waals surface area contributed by atoms with Crippen LogP contribution in [0.4, 0.5) is 0 Å². The van der Waals surface area contributed by atoms with Crippen molar-refractivity contribution in [1.82, 2.24) is 0 Å². The number of hydrogen-bond acceptors (Lipinski definition) is 3. The van der Waals surface area contributed by atoms with Crippen molar-refractivity contribution in [3.8, 4) is 0 Å². The molecule has 0 N–H and O–H groups in total. The van der Waals surface area contributed by atoms with Gasteiger partial charge in [-0.25, -0.2) is 0 Å². The van der Waals surface area contributed by atoms with Crippen LogP contribution in [-0.2, 0) is 6.42 Å². The summed E-state index contributed by atoms with van der Waals surface area (Å²) in [6.07, 6.45) is 0.871. The first kappa shape index (κ1) is 13.1. The van der Waals surface area contributed by atoms with Gasteiger partial charge < -0.3 is 0 Å². The van der Waals surface area contributed by atoms with E-state index in [9.17, 15) is 0 Å². The van der Waals surface area contributed by atoms with Crippen LogP contribution in [0.25, 0.3) is 0 Å². The molecule has 3 heteroatoms. The molecule has 0 aromatic heterocycles. The average molecular weight is 280 g/mol. The zero-order valence-corrected chi connectivity index (χ0v) is 12.2. The van der Waals surface area contributed by atoms with Crippen LogP contribution in [0.5, 0.6) is 0 Å². The van der Waals surface area contributed by atoms with Crippen molar-refractivity contribution in [2.24, 2.45) is 10.2 Å². The highest BCUT2D eigenvalue weighted by Gasteiger charge is 2.12. The fourth-order valence-electron chi connectivity index (χ4n) is 2.07. The Kier molecular flexibility index (Phi) is 3.97. The molecule has 20 heavy (non-hydrogen) atoms. The lowest BCUT2D eigenvalue weighted by Crippen LogP contribution is -2.12. The van der Waals surface area contributed by atoms with Gasteiger partial charge in [0.1, 0.15) is 5.04 Å². The van der Waals surface area contributed by atoms with Crippen molar-refractivity contribution >= 4 is 22.5 Å². The molecule has 0 saturated carbocycles. The predicted octanol–water partition coefficient (Wildman–Crippen LogP) is 4.09. The SMILES string of the molecule is Cc1ccc(C2=NN=C(Cc3ccccc3)SC2)cc1. The summed E-state index contributed by atoms with van der Waals surface area (Å²) in [6.45, 7) is 2.09. The monoisotopic (exact) mass is 280 g/mol. The Hall–Kier alpha value is -1.87. The fraction of sp³-hybridized carbons (Fsp3) is 0.176. The van der Waals surface area contributed by atoms with Gasteiger partial charge in [-0.05, 0) is 18.1 Å².